The van der Waals surface area contributed by atoms with Crippen LogP contribution in [0.1, 0.15) is 19.8 Å². The minimum absolute atomic E-state index is 0.0753. The van der Waals surface area contributed by atoms with Crippen LogP contribution in [-0.2, 0) is 14.3 Å². The number of methoxy groups -OCH3 is 2. The Balaban J connectivity index is 4.35. The Bertz CT molecular complexity index is 192. The average molecular weight is 246 g/mol. The molecule has 0 saturated heterocycles. The third kappa shape index (κ3) is 6.61. The number of ether oxygens (including phenoxy) is 2. The maximum Gasteiger partial charge on any atom is 0.227 e. The molecule has 0 saturated carbocycles. The zero-order valence-corrected chi connectivity index (χ0v) is 11.3. The number of hydrogen-bond donors (Lipinski definition) is 1. The highest BCUT2D eigenvalue weighted by Crippen LogP contribution is 2.09. The zero-order chi connectivity index (χ0) is 13.1. The Labute approximate surface area is 104 Å². The lowest BCUT2D eigenvalue weighted by Gasteiger charge is -2.26. The predicted octanol–water partition coefficient (Wildman–Crippen LogP) is 0.483. The van der Waals surface area contributed by atoms with Crippen LogP contribution in [0.15, 0.2) is 0 Å². The number of amides is 1. The molecule has 0 aliphatic rings. The van der Waals surface area contributed by atoms with Gasteiger partial charge in [0.25, 0.3) is 0 Å². The maximum absolute atomic E-state index is 12.2. The fourth-order valence-corrected chi connectivity index (χ4v) is 1.68. The van der Waals surface area contributed by atoms with Crippen molar-refractivity contribution >= 4 is 5.91 Å². The molecule has 0 fully saturated rings. The van der Waals surface area contributed by atoms with E-state index in [1.165, 1.54) is 0 Å². The van der Waals surface area contributed by atoms with Crippen molar-refractivity contribution in [2.45, 2.75) is 19.8 Å². The Hall–Kier alpha value is -0.650. The van der Waals surface area contributed by atoms with Gasteiger partial charge in [-0.2, -0.15) is 0 Å². The summed E-state index contributed by atoms with van der Waals surface area (Å²) >= 11 is 0. The molecule has 17 heavy (non-hydrogen) atoms. The second kappa shape index (κ2) is 10.5. The summed E-state index contributed by atoms with van der Waals surface area (Å²) < 4.78 is 10.0. The largest absolute Gasteiger partial charge is 0.383 e. The summed E-state index contributed by atoms with van der Waals surface area (Å²) in [6, 6.07) is 0. The monoisotopic (exact) mass is 246 g/mol. The minimum Gasteiger partial charge on any atom is -0.383 e. The minimum atomic E-state index is -0.0753. The Kier molecular flexibility index (Phi) is 10.1. The van der Waals surface area contributed by atoms with Crippen molar-refractivity contribution in [2.75, 3.05) is 47.1 Å². The van der Waals surface area contributed by atoms with Gasteiger partial charge >= 0.3 is 0 Å². The van der Waals surface area contributed by atoms with Crippen LogP contribution in [0.2, 0.25) is 0 Å². The van der Waals surface area contributed by atoms with Crippen LogP contribution < -0.4 is 5.73 Å². The van der Waals surface area contributed by atoms with Crippen LogP contribution in [0.25, 0.3) is 0 Å². The molecular weight excluding hydrogens is 220 g/mol. The van der Waals surface area contributed by atoms with Crippen molar-refractivity contribution < 1.29 is 14.3 Å². The first kappa shape index (κ1) is 16.4. The first-order valence-corrected chi connectivity index (χ1v) is 6.17. The summed E-state index contributed by atoms with van der Waals surface area (Å²) in [6.45, 7) is 4.74. The van der Waals surface area contributed by atoms with E-state index in [0.29, 0.717) is 32.8 Å². The van der Waals surface area contributed by atoms with Crippen molar-refractivity contribution in [1.82, 2.24) is 4.90 Å². The summed E-state index contributed by atoms with van der Waals surface area (Å²) in [5, 5.41) is 0. The summed E-state index contributed by atoms with van der Waals surface area (Å²) in [5.41, 5.74) is 5.64. The molecule has 1 atom stereocenters. The molecule has 102 valence electrons. The molecule has 5 heteroatoms. The Morgan fingerprint density at radius 1 is 1.24 bits per heavy atom. The highest BCUT2D eigenvalue weighted by molar-refractivity contribution is 5.79. The SMILES string of the molecule is CCCC(CN)C(=O)N(CCOC)CCOC. The Morgan fingerprint density at radius 2 is 1.76 bits per heavy atom. The maximum atomic E-state index is 12.2. The van der Waals surface area contributed by atoms with Crippen LogP contribution in [-0.4, -0.2) is 57.9 Å². The van der Waals surface area contributed by atoms with E-state index in [1.807, 2.05) is 0 Å². The molecule has 0 aromatic carbocycles. The van der Waals surface area contributed by atoms with Crippen LogP contribution in [0.3, 0.4) is 0 Å². The molecule has 2 N–H and O–H groups in total. The molecule has 1 unspecified atom stereocenters. The van der Waals surface area contributed by atoms with E-state index >= 15 is 0 Å². The van der Waals surface area contributed by atoms with Gasteiger partial charge in [0.15, 0.2) is 0 Å². The van der Waals surface area contributed by atoms with Crippen molar-refractivity contribution in [3.63, 3.8) is 0 Å². The topological polar surface area (TPSA) is 64.8 Å². The molecular formula is C12H26N2O3. The number of hydrogen-bond acceptors (Lipinski definition) is 4. The van der Waals surface area contributed by atoms with E-state index in [4.69, 9.17) is 15.2 Å². The standard InChI is InChI=1S/C12H26N2O3/c1-4-5-11(10-13)12(15)14(6-8-16-2)7-9-17-3/h11H,4-10,13H2,1-3H3. The average Bonchev–Trinajstić information content (AvgIpc) is 2.35. The van der Waals surface area contributed by atoms with Crippen molar-refractivity contribution in [3.8, 4) is 0 Å². The van der Waals surface area contributed by atoms with Crippen LogP contribution >= 0.6 is 0 Å². The quantitative estimate of drug-likeness (QED) is 0.609. The molecule has 0 aliphatic heterocycles. The summed E-state index contributed by atoms with van der Waals surface area (Å²) in [6.07, 6.45) is 1.81. The van der Waals surface area contributed by atoms with Crippen molar-refractivity contribution in [2.24, 2.45) is 11.7 Å². The van der Waals surface area contributed by atoms with Gasteiger partial charge < -0.3 is 20.1 Å². The van der Waals surface area contributed by atoms with Gasteiger partial charge in [0.2, 0.25) is 5.91 Å². The molecule has 0 aromatic rings. The first-order chi connectivity index (χ1) is 8.21. The summed E-state index contributed by atoms with van der Waals surface area (Å²) in [5.74, 6) is 0.0390. The first-order valence-electron chi connectivity index (χ1n) is 6.17. The number of carbonyl (C=O) groups is 1. The lowest BCUT2D eigenvalue weighted by Crippen LogP contribution is -2.42. The van der Waals surface area contributed by atoms with E-state index in [2.05, 4.69) is 6.92 Å². The van der Waals surface area contributed by atoms with Gasteiger partial charge in [-0.15, -0.1) is 0 Å². The number of rotatable bonds is 10. The van der Waals surface area contributed by atoms with E-state index in [1.54, 1.807) is 19.1 Å². The molecule has 0 rings (SSSR count). The molecule has 0 radical (unpaired) electrons. The van der Waals surface area contributed by atoms with Gasteiger partial charge in [-0.1, -0.05) is 13.3 Å². The van der Waals surface area contributed by atoms with E-state index < -0.39 is 0 Å². The second-order valence-corrected chi connectivity index (χ2v) is 4.03. The Morgan fingerprint density at radius 3 is 2.12 bits per heavy atom. The molecule has 0 aliphatic carbocycles. The van der Waals surface area contributed by atoms with Gasteiger partial charge in [-0.25, -0.2) is 0 Å². The van der Waals surface area contributed by atoms with Gasteiger partial charge in [-0.05, 0) is 6.42 Å². The van der Waals surface area contributed by atoms with E-state index in [0.717, 1.165) is 12.8 Å². The predicted molar refractivity (Wildman–Crippen MR) is 67.8 cm³/mol. The van der Waals surface area contributed by atoms with Crippen LogP contribution in [0, 0.1) is 5.92 Å². The third-order valence-corrected chi connectivity index (χ3v) is 2.71. The van der Waals surface area contributed by atoms with Crippen LogP contribution in [0.4, 0.5) is 0 Å². The lowest BCUT2D eigenvalue weighted by molar-refractivity contribution is -0.136. The highest BCUT2D eigenvalue weighted by atomic mass is 16.5. The fraction of sp³-hybridized carbons (Fsp3) is 0.917. The van der Waals surface area contributed by atoms with Crippen molar-refractivity contribution in [1.29, 1.82) is 0 Å². The molecule has 1 amide bonds. The van der Waals surface area contributed by atoms with Crippen LogP contribution in [0.5, 0.6) is 0 Å². The van der Waals surface area contributed by atoms with Crippen molar-refractivity contribution in [3.05, 3.63) is 0 Å². The summed E-state index contributed by atoms with van der Waals surface area (Å²) in [7, 11) is 3.26. The third-order valence-electron chi connectivity index (χ3n) is 2.71. The number of nitrogens with zero attached hydrogens (tertiary/aromatic N) is 1. The van der Waals surface area contributed by atoms with E-state index in [9.17, 15) is 4.79 Å². The van der Waals surface area contributed by atoms with E-state index in [-0.39, 0.29) is 11.8 Å². The number of carbonyl (C=O) groups excluding carboxylic acids is 1. The van der Waals surface area contributed by atoms with Gasteiger partial charge in [0.1, 0.15) is 0 Å². The second-order valence-electron chi connectivity index (χ2n) is 4.03. The highest BCUT2D eigenvalue weighted by Gasteiger charge is 2.21. The molecule has 0 aromatic heterocycles. The summed E-state index contributed by atoms with van der Waals surface area (Å²) in [4.78, 5) is 14.0. The lowest BCUT2D eigenvalue weighted by atomic mass is 10.0. The molecule has 5 nitrogen and oxygen atoms in total. The molecule has 0 spiro atoms. The normalized spacial score (nSPS) is 12.5. The molecule has 0 heterocycles. The molecule has 0 bridgehead atoms. The van der Waals surface area contributed by atoms with Gasteiger partial charge in [0, 0.05) is 33.9 Å². The smallest absolute Gasteiger partial charge is 0.227 e. The van der Waals surface area contributed by atoms with Gasteiger partial charge in [-0.3, -0.25) is 4.79 Å². The zero-order valence-electron chi connectivity index (χ0n) is 11.3. The van der Waals surface area contributed by atoms with Gasteiger partial charge in [0.05, 0.1) is 19.1 Å². The number of nitrogens with two attached hydrogens (primary N) is 1. The fourth-order valence-electron chi connectivity index (χ4n) is 1.68.